The van der Waals surface area contributed by atoms with Crippen LogP contribution in [0.15, 0.2) is 23.1 Å². The summed E-state index contributed by atoms with van der Waals surface area (Å²) in [4.78, 5) is 0.0859. The van der Waals surface area contributed by atoms with Crippen LogP contribution in [-0.2, 0) is 23.1 Å². The van der Waals surface area contributed by atoms with Crippen molar-refractivity contribution < 1.29 is 13.5 Å². The van der Waals surface area contributed by atoms with Crippen LogP contribution in [0.2, 0.25) is 0 Å². The summed E-state index contributed by atoms with van der Waals surface area (Å²) in [6.07, 6.45) is 1.61. The molecule has 0 aliphatic rings. The monoisotopic (exact) mass is 257 g/mol. The van der Waals surface area contributed by atoms with E-state index in [9.17, 15) is 13.5 Å². The van der Waals surface area contributed by atoms with Crippen molar-refractivity contribution in [1.29, 1.82) is 0 Å². The summed E-state index contributed by atoms with van der Waals surface area (Å²) in [5, 5.41) is 14.4. The number of benzene rings is 1. The van der Waals surface area contributed by atoms with Gasteiger partial charge in [0.1, 0.15) is 0 Å². The Morgan fingerprint density at radius 3 is 2.41 bits per heavy atom. The molecule has 1 aromatic rings. The van der Waals surface area contributed by atoms with Gasteiger partial charge in [-0.25, -0.2) is 13.6 Å². The minimum Gasteiger partial charge on any atom is -0.392 e. The normalized spacial score (nSPS) is 13.6. The SMILES string of the molecule is CCC(C)Cc1cccc(CO)c1S(N)(=O)=O. The first-order valence-corrected chi connectivity index (χ1v) is 7.19. The highest BCUT2D eigenvalue weighted by Gasteiger charge is 2.19. The van der Waals surface area contributed by atoms with Crippen LogP contribution in [0.25, 0.3) is 0 Å². The molecule has 0 aliphatic carbocycles. The number of hydrogen-bond acceptors (Lipinski definition) is 3. The first kappa shape index (κ1) is 14.2. The Kier molecular flexibility index (Phi) is 4.68. The van der Waals surface area contributed by atoms with Gasteiger partial charge in [0.25, 0.3) is 0 Å². The summed E-state index contributed by atoms with van der Waals surface area (Å²) >= 11 is 0. The molecule has 0 heterocycles. The van der Waals surface area contributed by atoms with E-state index in [0.29, 0.717) is 23.5 Å². The third-order valence-electron chi connectivity index (χ3n) is 2.90. The lowest BCUT2D eigenvalue weighted by Crippen LogP contribution is -2.18. The highest BCUT2D eigenvalue weighted by atomic mass is 32.2. The second-order valence-electron chi connectivity index (χ2n) is 4.33. The van der Waals surface area contributed by atoms with Crippen molar-refractivity contribution in [3.8, 4) is 0 Å². The van der Waals surface area contributed by atoms with Gasteiger partial charge in [-0.2, -0.15) is 0 Å². The molecule has 17 heavy (non-hydrogen) atoms. The number of sulfonamides is 1. The number of nitrogens with two attached hydrogens (primary N) is 1. The van der Waals surface area contributed by atoms with Gasteiger partial charge in [-0.1, -0.05) is 38.5 Å². The zero-order chi connectivity index (χ0) is 13.1. The van der Waals surface area contributed by atoms with Crippen LogP contribution in [0, 0.1) is 5.92 Å². The van der Waals surface area contributed by atoms with E-state index >= 15 is 0 Å². The van der Waals surface area contributed by atoms with Gasteiger partial charge in [0.05, 0.1) is 11.5 Å². The van der Waals surface area contributed by atoms with Crippen LogP contribution in [-0.4, -0.2) is 13.5 Å². The minimum atomic E-state index is -3.79. The van der Waals surface area contributed by atoms with Gasteiger partial charge in [-0.15, -0.1) is 0 Å². The lowest BCUT2D eigenvalue weighted by Gasteiger charge is -2.14. The van der Waals surface area contributed by atoms with E-state index in [1.165, 1.54) is 0 Å². The van der Waals surface area contributed by atoms with Crippen molar-refractivity contribution in [2.24, 2.45) is 11.1 Å². The van der Waals surface area contributed by atoms with Crippen molar-refractivity contribution in [2.75, 3.05) is 0 Å². The van der Waals surface area contributed by atoms with E-state index in [0.717, 1.165) is 6.42 Å². The van der Waals surface area contributed by atoms with Gasteiger partial charge in [0, 0.05) is 0 Å². The molecule has 0 spiro atoms. The highest BCUT2D eigenvalue weighted by molar-refractivity contribution is 7.89. The van der Waals surface area contributed by atoms with Gasteiger partial charge in [-0.3, -0.25) is 0 Å². The second kappa shape index (κ2) is 5.62. The molecule has 0 aromatic heterocycles. The van der Waals surface area contributed by atoms with Crippen molar-refractivity contribution in [1.82, 2.24) is 0 Å². The van der Waals surface area contributed by atoms with Gasteiger partial charge < -0.3 is 5.11 Å². The number of aliphatic hydroxyl groups is 1. The van der Waals surface area contributed by atoms with E-state index in [1.54, 1.807) is 18.2 Å². The lowest BCUT2D eigenvalue weighted by atomic mass is 9.97. The van der Waals surface area contributed by atoms with E-state index in [1.807, 2.05) is 0 Å². The standard InChI is InChI=1S/C12H19NO3S/c1-3-9(2)7-10-5-4-6-11(8-14)12(10)17(13,15)16/h4-6,9,14H,3,7-8H2,1-2H3,(H2,13,15,16). The average molecular weight is 257 g/mol. The summed E-state index contributed by atoms with van der Waals surface area (Å²) in [7, 11) is -3.79. The molecule has 0 saturated heterocycles. The Bertz CT molecular complexity index is 483. The predicted octanol–water partition coefficient (Wildman–Crippen LogP) is 1.41. The maximum Gasteiger partial charge on any atom is 0.238 e. The quantitative estimate of drug-likeness (QED) is 0.837. The van der Waals surface area contributed by atoms with Crippen LogP contribution in [0.5, 0.6) is 0 Å². The molecule has 0 radical (unpaired) electrons. The largest absolute Gasteiger partial charge is 0.392 e. The predicted molar refractivity (Wildman–Crippen MR) is 66.9 cm³/mol. The number of aliphatic hydroxyl groups excluding tert-OH is 1. The summed E-state index contributed by atoms with van der Waals surface area (Å²) < 4.78 is 23.1. The Morgan fingerprint density at radius 2 is 1.94 bits per heavy atom. The smallest absolute Gasteiger partial charge is 0.238 e. The van der Waals surface area contributed by atoms with Crippen molar-refractivity contribution in [2.45, 2.75) is 38.2 Å². The topological polar surface area (TPSA) is 80.4 Å². The third-order valence-corrected chi connectivity index (χ3v) is 3.99. The van der Waals surface area contributed by atoms with E-state index in [-0.39, 0.29) is 11.5 Å². The first-order valence-electron chi connectivity index (χ1n) is 5.64. The molecular weight excluding hydrogens is 238 g/mol. The lowest BCUT2D eigenvalue weighted by molar-refractivity contribution is 0.278. The average Bonchev–Trinajstić information content (AvgIpc) is 2.26. The molecule has 1 aromatic carbocycles. The van der Waals surface area contributed by atoms with Crippen LogP contribution in [0.3, 0.4) is 0 Å². The molecule has 0 saturated carbocycles. The molecule has 0 fully saturated rings. The molecule has 0 amide bonds. The van der Waals surface area contributed by atoms with Crippen LogP contribution in [0.4, 0.5) is 0 Å². The van der Waals surface area contributed by atoms with E-state index in [2.05, 4.69) is 13.8 Å². The summed E-state index contributed by atoms with van der Waals surface area (Å²) in [6.45, 7) is 3.79. The fourth-order valence-electron chi connectivity index (χ4n) is 1.81. The first-order chi connectivity index (χ1) is 7.90. The highest BCUT2D eigenvalue weighted by Crippen LogP contribution is 2.23. The van der Waals surface area contributed by atoms with Gasteiger partial charge in [0.15, 0.2) is 0 Å². The zero-order valence-electron chi connectivity index (χ0n) is 10.2. The van der Waals surface area contributed by atoms with Crippen molar-refractivity contribution >= 4 is 10.0 Å². The third kappa shape index (κ3) is 3.52. The van der Waals surface area contributed by atoms with Gasteiger partial charge in [-0.05, 0) is 23.5 Å². The fraction of sp³-hybridized carbons (Fsp3) is 0.500. The van der Waals surface area contributed by atoms with Crippen molar-refractivity contribution in [3.05, 3.63) is 29.3 Å². The molecule has 4 nitrogen and oxygen atoms in total. The minimum absolute atomic E-state index is 0.0859. The molecule has 96 valence electrons. The second-order valence-corrected chi connectivity index (χ2v) is 5.82. The summed E-state index contributed by atoms with van der Waals surface area (Å²) in [5.74, 6) is 0.379. The molecule has 1 unspecified atom stereocenters. The molecule has 0 aliphatic heterocycles. The summed E-state index contributed by atoms with van der Waals surface area (Å²) in [5.41, 5.74) is 1.06. The van der Waals surface area contributed by atoms with E-state index < -0.39 is 10.0 Å². The fourth-order valence-corrected chi connectivity index (χ4v) is 2.82. The molecule has 1 rings (SSSR count). The Labute approximate surface area is 103 Å². The Hall–Kier alpha value is -0.910. The molecule has 1 atom stereocenters. The molecular formula is C12H19NO3S. The summed E-state index contributed by atoms with van der Waals surface area (Å²) in [6, 6.07) is 5.09. The van der Waals surface area contributed by atoms with Gasteiger partial charge in [0.2, 0.25) is 10.0 Å². The maximum atomic E-state index is 11.6. The van der Waals surface area contributed by atoms with Crippen molar-refractivity contribution in [3.63, 3.8) is 0 Å². The molecule has 3 N–H and O–H groups in total. The Morgan fingerprint density at radius 1 is 1.35 bits per heavy atom. The molecule has 5 heteroatoms. The zero-order valence-corrected chi connectivity index (χ0v) is 11.0. The Balaban J connectivity index is 3.30. The maximum absolute atomic E-state index is 11.6. The number of primary sulfonamides is 1. The van der Waals surface area contributed by atoms with E-state index in [4.69, 9.17) is 5.14 Å². The molecule has 0 bridgehead atoms. The number of hydrogen-bond donors (Lipinski definition) is 2. The van der Waals surface area contributed by atoms with Gasteiger partial charge >= 0.3 is 0 Å². The number of rotatable bonds is 5. The van der Waals surface area contributed by atoms with Crippen LogP contribution < -0.4 is 5.14 Å². The van der Waals surface area contributed by atoms with Crippen LogP contribution in [0.1, 0.15) is 31.4 Å². The van der Waals surface area contributed by atoms with Crippen LogP contribution >= 0.6 is 0 Å².